The smallest absolute Gasteiger partial charge is 0.229 e. The zero-order chi connectivity index (χ0) is 13.3. The van der Waals surface area contributed by atoms with Crippen molar-refractivity contribution >= 4 is 17.6 Å². The Labute approximate surface area is 106 Å². The van der Waals surface area contributed by atoms with Crippen LogP contribution in [0.15, 0.2) is 6.20 Å². The third-order valence-corrected chi connectivity index (χ3v) is 3.03. The summed E-state index contributed by atoms with van der Waals surface area (Å²) in [5.74, 6) is 0.233. The van der Waals surface area contributed by atoms with Gasteiger partial charge in [0.05, 0.1) is 11.3 Å². The van der Waals surface area contributed by atoms with Gasteiger partial charge in [-0.05, 0) is 11.8 Å². The molecule has 5 nitrogen and oxygen atoms in total. The van der Waals surface area contributed by atoms with Crippen LogP contribution in [0, 0.1) is 5.41 Å². The molecule has 0 spiro atoms. The van der Waals surface area contributed by atoms with Gasteiger partial charge in [0.2, 0.25) is 11.9 Å². The van der Waals surface area contributed by atoms with E-state index in [1.807, 2.05) is 13.8 Å². The van der Waals surface area contributed by atoms with E-state index in [9.17, 15) is 9.59 Å². The zero-order valence-electron chi connectivity index (χ0n) is 10.9. The van der Waals surface area contributed by atoms with Crippen molar-refractivity contribution in [3.8, 4) is 0 Å². The van der Waals surface area contributed by atoms with Gasteiger partial charge < -0.3 is 0 Å². The Hall–Kier alpha value is -1.78. The van der Waals surface area contributed by atoms with Gasteiger partial charge in [-0.1, -0.05) is 20.8 Å². The van der Waals surface area contributed by atoms with E-state index in [4.69, 9.17) is 0 Å². The van der Waals surface area contributed by atoms with Gasteiger partial charge in [-0.15, -0.1) is 0 Å². The Morgan fingerprint density at radius 1 is 1.44 bits per heavy atom. The van der Waals surface area contributed by atoms with Gasteiger partial charge in [-0.2, -0.15) is 0 Å². The standard InChI is InChI=1S/C13H17N3O2/c1-4-11(18)16-12-14-7-8-9(15-12)5-13(2,3)6-10(8)17/h7H,4-6H2,1-3H3,(H,14,15,16,18). The van der Waals surface area contributed by atoms with Crippen LogP contribution < -0.4 is 5.32 Å². The third-order valence-electron chi connectivity index (χ3n) is 3.03. The highest BCUT2D eigenvalue weighted by Crippen LogP contribution is 2.33. The van der Waals surface area contributed by atoms with Crippen molar-refractivity contribution in [3.63, 3.8) is 0 Å². The molecular formula is C13H17N3O2. The fourth-order valence-corrected chi connectivity index (χ4v) is 2.10. The molecule has 18 heavy (non-hydrogen) atoms. The quantitative estimate of drug-likeness (QED) is 0.867. The number of aromatic nitrogens is 2. The molecule has 0 aromatic carbocycles. The molecule has 0 saturated heterocycles. The second kappa shape index (κ2) is 4.48. The molecule has 1 N–H and O–H groups in total. The minimum Gasteiger partial charge on any atom is -0.295 e. The van der Waals surface area contributed by atoms with Gasteiger partial charge in [0.25, 0.3) is 0 Å². The molecule has 0 aliphatic heterocycles. The summed E-state index contributed by atoms with van der Waals surface area (Å²) >= 11 is 0. The second-order valence-corrected chi connectivity index (χ2v) is 5.40. The van der Waals surface area contributed by atoms with Crippen molar-refractivity contribution in [2.75, 3.05) is 5.32 Å². The number of hydrogen-bond donors (Lipinski definition) is 1. The summed E-state index contributed by atoms with van der Waals surface area (Å²) < 4.78 is 0. The number of carbonyl (C=O) groups excluding carboxylic acids is 2. The van der Waals surface area contributed by atoms with Crippen molar-refractivity contribution in [3.05, 3.63) is 17.5 Å². The summed E-state index contributed by atoms with van der Waals surface area (Å²) in [4.78, 5) is 31.5. The molecule has 0 fully saturated rings. The first-order chi connectivity index (χ1) is 8.41. The van der Waals surface area contributed by atoms with Gasteiger partial charge in [0.1, 0.15) is 0 Å². The van der Waals surface area contributed by atoms with Crippen LogP contribution in [0.5, 0.6) is 0 Å². The average Bonchev–Trinajstić information content (AvgIpc) is 2.26. The Morgan fingerprint density at radius 3 is 2.83 bits per heavy atom. The Balaban J connectivity index is 2.31. The highest BCUT2D eigenvalue weighted by Gasteiger charge is 2.32. The number of carbonyl (C=O) groups is 2. The normalized spacial score (nSPS) is 17.2. The van der Waals surface area contributed by atoms with Crippen molar-refractivity contribution in [2.45, 2.75) is 40.0 Å². The third kappa shape index (κ3) is 2.55. The zero-order valence-corrected chi connectivity index (χ0v) is 10.9. The Morgan fingerprint density at radius 2 is 2.17 bits per heavy atom. The van der Waals surface area contributed by atoms with E-state index in [0.717, 1.165) is 12.1 Å². The SMILES string of the molecule is CCC(=O)Nc1ncc2c(n1)CC(C)(C)CC2=O. The van der Waals surface area contributed by atoms with Crippen molar-refractivity contribution in [2.24, 2.45) is 5.41 Å². The van der Waals surface area contributed by atoms with Crippen LogP contribution in [0.25, 0.3) is 0 Å². The molecule has 1 aliphatic carbocycles. The average molecular weight is 247 g/mol. The monoisotopic (exact) mass is 247 g/mol. The van der Waals surface area contributed by atoms with E-state index in [1.165, 1.54) is 6.20 Å². The van der Waals surface area contributed by atoms with Crippen LogP contribution in [0.2, 0.25) is 0 Å². The largest absolute Gasteiger partial charge is 0.295 e. The maximum atomic E-state index is 11.9. The molecule has 1 aliphatic rings. The predicted octanol–water partition coefficient (Wildman–Crippen LogP) is 1.98. The molecule has 1 aromatic heterocycles. The predicted molar refractivity (Wildman–Crippen MR) is 67.4 cm³/mol. The molecule has 0 bridgehead atoms. The van der Waals surface area contributed by atoms with Gasteiger partial charge >= 0.3 is 0 Å². The Kier molecular flexibility index (Phi) is 3.15. The second-order valence-electron chi connectivity index (χ2n) is 5.40. The summed E-state index contributed by atoms with van der Waals surface area (Å²) in [5, 5.41) is 2.61. The van der Waals surface area contributed by atoms with Gasteiger partial charge in [-0.25, -0.2) is 9.97 Å². The van der Waals surface area contributed by atoms with Crippen LogP contribution in [-0.4, -0.2) is 21.7 Å². The first-order valence-corrected chi connectivity index (χ1v) is 6.10. The number of nitrogens with zero attached hydrogens (tertiary/aromatic N) is 2. The lowest BCUT2D eigenvalue weighted by atomic mass is 9.76. The summed E-state index contributed by atoms with van der Waals surface area (Å²) in [7, 11) is 0. The topological polar surface area (TPSA) is 72.0 Å². The molecule has 0 saturated carbocycles. The van der Waals surface area contributed by atoms with E-state index in [0.29, 0.717) is 18.4 Å². The molecule has 96 valence electrons. The highest BCUT2D eigenvalue weighted by molar-refractivity contribution is 5.98. The van der Waals surface area contributed by atoms with E-state index in [-0.39, 0.29) is 23.1 Å². The Bertz CT molecular complexity index is 509. The lowest BCUT2D eigenvalue weighted by molar-refractivity contribution is -0.115. The lowest BCUT2D eigenvalue weighted by Gasteiger charge is -2.29. The van der Waals surface area contributed by atoms with Crippen molar-refractivity contribution in [1.29, 1.82) is 0 Å². The van der Waals surface area contributed by atoms with Crippen molar-refractivity contribution in [1.82, 2.24) is 9.97 Å². The molecule has 1 heterocycles. The molecule has 0 unspecified atom stereocenters. The molecule has 5 heteroatoms. The molecule has 2 rings (SSSR count). The molecule has 1 aromatic rings. The maximum Gasteiger partial charge on any atom is 0.229 e. The number of rotatable bonds is 2. The van der Waals surface area contributed by atoms with Gasteiger partial charge in [0.15, 0.2) is 5.78 Å². The molecule has 0 atom stereocenters. The minimum absolute atomic E-state index is 0.0784. The fraction of sp³-hybridized carbons (Fsp3) is 0.538. The van der Waals surface area contributed by atoms with Crippen molar-refractivity contribution < 1.29 is 9.59 Å². The van der Waals surface area contributed by atoms with Gasteiger partial charge in [0, 0.05) is 19.0 Å². The van der Waals surface area contributed by atoms with Crippen LogP contribution in [0.1, 0.15) is 49.7 Å². The fourth-order valence-electron chi connectivity index (χ4n) is 2.10. The number of amides is 1. The van der Waals surface area contributed by atoms with E-state index in [2.05, 4.69) is 15.3 Å². The number of Topliss-reactive ketones (excluding diaryl/α,β-unsaturated/α-hetero) is 1. The summed E-state index contributed by atoms with van der Waals surface area (Å²) in [6.45, 7) is 5.85. The maximum absolute atomic E-state index is 11.9. The number of hydrogen-bond acceptors (Lipinski definition) is 4. The number of fused-ring (bicyclic) bond motifs is 1. The summed E-state index contributed by atoms with van der Waals surface area (Å²) in [6, 6.07) is 0. The van der Waals surface area contributed by atoms with E-state index >= 15 is 0 Å². The molecule has 1 amide bonds. The van der Waals surface area contributed by atoms with E-state index < -0.39 is 0 Å². The first-order valence-electron chi connectivity index (χ1n) is 6.10. The summed E-state index contributed by atoms with van der Waals surface area (Å²) in [5.41, 5.74) is 1.24. The molecule has 0 radical (unpaired) electrons. The van der Waals surface area contributed by atoms with Crippen LogP contribution in [0.4, 0.5) is 5.95 Å². The lowest BCUT2D eigenvalue weighted by Crippen LogP contribution is -2.28. The highest BCUT2D eigenvalue weighted by atomic mass is 16.1. The summed E-state index contributed by atoms with van der Waals surface area (Å²) in [6.07, 6.45) is 3.14. The van der Waals surface area contributed by atoms with Gasteiger partial charge in [-0.3, -0.25) is 14.9 Å². The van der Waals surface area contributed by atoms with Crippen LogP contribution >= 0.6 is 0 Å². The number of anilines is 1. The first kappa shape index (κ1) is 12.7. The molecular weight excluding hydrogens is 230 g/mol. The number of ketones is 1. The van der Waals surface area contributed by atoms with Crippen LogP contribution in [-0.2, 0) is 11.2 Å². The van der Waals surface area contributed by atoms with E-state index in [1.54, 1.807) is 6.92 Å². The number of nitrogens with one attached hydrogen (secondary N) is 1. The van der Waals surface area contributed by atoms with Crippen LogP contribution in [0.3, 0.4) is 0 Å². The minimum atomic E-state index is -0.128.